The van der Waals surface area contributed by atoms with Crippen LogP contribution in [0.3, 0.4) is 0 Å². The van der Waals surface area contributed by atoms with Gasteiger partial charge in [0, 0.05) is 19.6 Å². The highest BCUT2D eigenvalue weighted by Gasteiger charge is 2.04. The van der Waals surface area contributed by atoms with Gasteiger partial charge in [0.25, 0.3) is 0 Å². The second-order valence-corrected chi connectivity index (χ2v) is 5.09. The Labute approximate surface area is 129 Å². The van der Waals surface area contributed by atoms with Gasteiger partial charge < -0.3 is 10.2 Å². The lowest BCUT2D eigenvalue weighted by Crippen LogP contribution is -2.22. The molecule has 0 saturated carbocycles. The Morgan fingerprint density at radius 3 is 2.52 bits per heavy atom. The number of hydrogen-bond donors (Lipinski definition) is 1. The summed E-state index contributed by atoms with van der Waals surface area (Å²) in [5.41, 5.74) is 1.74. The first-order valence-corrected chi connectivity index (χ1v) is 7.40. The molecule has 3 nitrogen and oxygen atoms in total. The Hall–Kier alpha value is -1.81. The number of rotatable bonds is 6. The zero-order chi connectivity index (χ0) is 15.2. The third kappa shape index (κ3) is 4.08. The SMILES string of the molecule is CCN(CC)c1ccc(NCc2ccc(Cl)c(F)c2)cn1. The average molecular weight is 308 g/mol. The lowest BCUT2D eigenvalue weighted by Gasteiger charge is -2.19. The van der Waals surface area contributed by atoms with Crippen molar-refractivity contribution >= 4 is 23.1 Å². The van der Waals surface area contributed by atoms with Crippen LogP contribution in [0.1, 0.15) is 19.4 Å². The number of nitrogens with zero attached hydrogens (tertiary/aromatic N) is 2. The second-order valence-electron chi connectivity index (χ2n) is 4.68. The zero-order valence-corrected chi connectivity index (χ0v) is 13.0. The highest BCUT2D eigenvalue weighted by atomic mass is 35.5. The molecular weight excluding hydrogens is 289 g/mol. The normalized spacial score (nSPS) is 10.5. The Morgan fingerprint density at radius 1 is 1.19 bits per heavy atom. The monoisotopic (exact) mass is 307 g/mol. The average Bonchev–Trinajstić information content (AvgIpc) is 2.51. The van der Waals surface area contributed by atoms with E-state index in [4.69, 9.17) is 11.6 Å². The smallest absolute Gasteiger partial charge is 0.142 e. The predicted molar refractivity (Wildman–Crippen MR) is 86.5 cm³/mol. The number of halogens is 2. The van der Waals surface area contributed by atoms with Crippen molar-refractivity contribution in [1.82, 2.24) is 4.98 Å². The number of pyridine rings is 1. The van der Waals surface area contributed by atoms with Crippen LogP contribution in [-0.4, -0.2) is 18.1 Å². The van der Waals surface area contributed by atoms with Crippen molar-refractivity contribution in [2.24, 2.45) is 0 Å². The fourth-order valence-electron chi connectivity index (χ4n) is 2.08. The summed E-state index contributed by atoms with van der Waals surface area (Å²) >= 11 is 5.66. The lowest BCUT2D eigenvalue weighted by atomic mass is 10.2. The maximum absolute atomic E-state index is 13.3. The minimum atomic E-state index is -0.397. The summed E-state index contributed by atoms with van der Waals surface area (Å²) in [4.78, 5) is 6.61. The highest BCUT2D eigenvalue weighted by Crippen LogP contribution is 2.18. The van der Waals surface area contributed by atoms with E-state index < -0.39 is 5.82 Å². The van der Waals surface area contributed by atoms with Gasteiger partial charge in [0.2, 0.25) is 0 Å². The van der Waals surface area contributed by atoms with Gasteiger partial charge in [0.15, 0.2) is 0 Å². The molecule has 0 spiro atoms. The van der Waals surface area contributed by atoms with E-state index in [1.165, 1.54) is 6.07 Å². The van der Waals surface area contributed by atoms with E-state index in [0.29, 0.717) is 6.54 Å². The summed E-state index contributed by atoms with van der Waals surface area (Å²) in [5.74, 6) is 0.564. The zero-order valence-electron chi connectivity index (χ0n) is 12.2. The molecular formula is C16H19ClFN3. The van der Waals surface area contributed by atoms with Gasteiger partial charge in [-0.3, -0.25) is 0 Å². The first kappa shape index (κ1) is 15.6. The Kier molecular flexibility index (Phi) is 5.39. The maximum Gasteiger partial charge on any atom is 0.142 e. The Morgan fingerprint density at radius 2 is 1.95 bits per heavy atom. The van der Waals surface area contributed by atoms with Crippen molar-refractivity contribution in [3.8, 4) is 0 Å². The highest BCUT2D eigenvalue weighted by molar-refractivity contribution is 6.30. The molecule has 0 bridgehead atoms. The molecule has 0 unspecified atom stereocenters. The predicted octanol–water partition coefficient (Wildman–Crippen LogP) is 4.33. The number of nitrogens with one attached hydrogen (secondary N) is 1. The second kappa shape index (κ2) is 7.27. The van der Waals surface area contributed by atoms with Crippen LogP contribution >= 0.6 is 11.6 Å². The van der Waals surface area contributed by atoms with Crippen molar-refractivity contribution in [2.45, 2.75) is 20.4 Å². The van der Waals surface area contributed by atoms with Crippen LogP contribution < -0.4 is 10.2 Å². The van der Waals surface area contributed by atoms with E-state index >= 15 is 0 Å². The van der Waals surface area contributed by atoms with Gasteiger partial charge in [-0.2, -0.15) is 0 Å². The van der Waals surface area contributed by atoms with E-state index in [2.05, 4.69) is 29.0 Å². The van der Waals surface area contributed by atoms with Gasteiger partial charge in [-0.25, -0.2) is 9.37 Å². The molecule has 2 aromatic rings. The molecule has 0 aliphatic rings. The molecule has 1 heterocycles. The van der Waals surface area contributed by atoms with Gasteiger partial charge in [0.1, 0.15) is 11.6 Å². The lowest BCUT2D eigenvalue weighted by molar-refractivity contribution is 0.626. The summed E-state index contributed by atoms with van der Waals surface area (Å²) in [6, 6.07) is 8.77. The largest absolute Gasteiger partial charge is 0.380 e. The minimum absolute atomic E-state index is 0.143. The van der Waals surface area contributed by atoms with Gasteiger partial charge in [-0.1, -0.05) is 17.7 Å². The van der Waals surface area contributed by atoms with Crippen LogP contribution in [0.15, 0.2) is 36.5 Å². The quantitative estimate of drug-likeness (QED) is 0.861. The van der Waals surface area contributed by atoms with Crippen LogP contribution in [0.25, 0.3) is 0 Å². The molecule has 2 rings (SSSR count). The van der Waals surface area contributed by atoms with Crippen molar-refractivity contribution < 1.29 is 4.39 Å². The number of hydrogen-bond acceptors (Lipinski definition) is 3. The topological polar surface area (TPSA) is 28.2 Å². The molecule has 0 saturated heterocycles. The third-order valence-corrected chi connectivity index (χ3v) is 3.62. The standard InChI is InChI=1S/C16H19ClFN3/c1-3-21(4-2)16-8-6-13(11-20-16)19-10-12-5-7-14(17)15(18)9-12/h5-9,11,19H,3-4,10H2,1-2H3. The molecule has 0 aliphatic heterocycles. The fourth-order valence-corrected chi connectivity index (χ4v) is 2.20. The molecule has 0 fully saturated rings. The maximum atomic E-state index is 13.3. The summed E-state index contributed by atoms with van der Waals surface area (Å²) in [7, 11) is 0. The fraction of sp³-hybridized carbons (Fsp3) is 0.312. The third-order valence-electron chi connectivity index (χ3n) is 3.32. The van der Waals surface area contributed by atoms with Crippen molar-refractivity contribution in [1.29, 1.82) is 0 Å². The van der Waals surface area contributed by atoms with Crippen molar-refractivity contribution in [3.63, 3.8) is 0 Å². The summed E-state index contributed by atoms with van der Waals surface area (Å²) in [6.07, 6.45) is 1.79. The molecule has 1 aromatic carbocycles. The Balaban J connectivity index is 1.98. The molecule has 0 aliphatic carbocycles. The number of anilines is 2. The Bertz CT molecular complexity index is 583. The molecule has 1 N–H and O–H groups in total. The number of benzene rings is 1. The van der Waals surface area contributed by atoms with Crippen LogP contribution in [0.2, 0.25) is 5.02 Å². The first-order valence-electron chi connectivity index (χ1n) is 7.02. The molecule has 0 amide bonds. The molecule has 112 valence electrons. The summed E-state index contributed by atoms with van der Waals surface area (Å²) in [5, 5.41) is 3.36. The van der Waals surface area contributed by atoms with Crippen molar-refractivity contribution in [3.05, 3.63) is 52.9 Å². The van der Waals surface area contributed by atoms with Gasteiger partial charge in [-0.15, -0.1) is 0 Å². The molecule has 21 heavy (non-hydrogen) atoms. The summed E-state index contributed by atoms with van der Waals surface area (Å²) in [6.45, 7) is 6.60. The summed E-state index contributed by atoms with van der Waals surface area (Å²) < 4.78 is 13.3. The van der Waals surface area contributed by atoms with Gasteiger partial charge in [0.05, 0.1) is 16.9 Å². The molecule has 0 atom stereocenters. The van der Waals surface area contributed by atoms with E-state index in [9.17, 15) is 4.39 Å². The minimum Gasteiger partial charge on any atom is -0.380 e. The van der Waals surface area contributed by atoms with E-state index in [1.54, 1.807) is 18.3 Å². The van der Waals surface area contributed by atoms with Gasteiger partial charge >= 0.3 is 0 Å². The van der Waals surface area contributed by atoms with Crippen LogP contribution in [-0.2, 0) is 6.54 Å². The van der Waals surface area contributed by atoms with Crippen molar-refractivity contribution in [2.75, 3.05) is 23.3 Å². The first-order chi connectivity index (χ1) is 10.1. The van der Waals surface area contributed by atoms with E-state index in [1.807, 2.05) is 12.1 Å². The van der Waals surface area contributed by atoms with E-state index in [-0.39, 0.29) is 5.02 Å². The molecule has 0 radical (unpaired) electrons. The van der Waals surface area contributed by atoms with E-state index in [0.717, 1.165) is 30.2 Å². The van der Waals surface area contributed by atoms with Gasteiger partial charge in [-0.05, 0) is 43.7 Å². The van der Waals surface area contributed by atoms with Crippen LogP contribution in [0, 0.1) is 5.82 Å². The molecule has 1 aromatic heterocycles. The van der Waals surface area contributed by atoms with Crippen LogP contribution in [0.5, 0.6) is 0 Å². The van der Waals surface area contributed by atoms with Crippen LogP contribution in [0.4, 0.5) is 15.9 Å². The number of aromatic nitrogens is 1. The molecule has 5 heteroatoms.